The first-order valence-corrected chi connectivity index (χ1v) is 13.4. The SMILES string of the molecule is N=C(NO)c1cccc(CN(Cc2ccccc2)C(=O)Cc2ccc(-c3ccccc3S(N)(=O)=O)cc2)c1. The van der Waals surface area contributed by atoms with Gasteiger partial charge in [-0.15, -0.1) is 0 Å². The van der Waals surface area contributed by atoms with Crippen LogP contribution in [0.2, 0.25) is 0 Å². The standard InChI is InChI=1S/C29H28N4O4S/c30-29(32-35)25-10-6-9-23(17-25)20-33(19-22-7-2-1-3-8-22)28(34)18-21-13-15-24(16-14-21)26-11-4-5-12-27(26)38(31,36)37/h1-17,35H,18-20H2,(H2,30,32)(H2,31,36,37). The molecule has 0 aliphatic heterocycles. The number of amides is 1. The van der Waals surface area contributed by atoms with Gasteiger partial charge in [0.25, 0.3) is 0 Å². The van der Waals surface area contributed by atoms with E-state index in [4.69, 9.17) is 15.8 Å². The Bertz CT molecular complexity index is 1540. The number of benzene rings is 4. The van der Waals surface area contributed by atoms with E-state index >= 15 is 0 Å². The van der Waals surface area contributed by atoms with Gasteiger partial charge < -0.3 is 4.90 Å². The molecule has 0 aliphatic carbocycles. The van der Waals surface area contributed by atoms with Crippen molar-refractivity contribution in [1.29, 1.82) is 5.41 Å². The minimum absolute atomic E-state index is 0.0459. The van der Waals surface area contributed by atoms with Crippen molar-refractivity contribution in [3.63, 3.8) is 0 Å². The quantitative estimate of drug-likeness (QED) is 0.147. The highest BCUT2D eigenvalue weighted by Gasteiger charge is 2.18. The molecule has 8 nitrogen and oxygen atoms in total. The molecule has 0 atom stereocenters. The van der Waals surface area contributed by atoms with Gasteiger partial charge in [-0.25, -0.2) is 13.6 Å². The predicted octanol–water partition coefficient (Wildman–Crippen LogP) is 4.08. The lowest BCUT2D eigenvalue weighted by Crippen LogP contribution is -2.31. The first-order valence-electron chi connectivity index (χ1n) is 11.9. The van der Waals surface area contributed by atoms with Crippen LogP contribution in [-0.4, -0.2) is 30.3 Å². The van der Waals surface area contributed by atoms with Crippen molar-refractivity contribution in [2.45, 2.75) is 24.4 Å². The summed E-state index contributed by atoms with van der Waals surface area (Å²) >= 11 is 0. The number of sulfonamides is 1. The average molecular weight is 529 g/mol. The van der Waals surface area contributed by atoms with Crippen LogP contribution in [0.5, 0.6) is 0 Å². The molecule has 0 aliphatic rings. The normalized spacial score (nSPS) is 11.1. The highest BCUT2D eigenvalue weighted by Crippen LogP contribution is 2.27. The van der Waals surface area contributed by atoms with Gasteiger partial charge in [-0.3, -0.25) is 20.9 Å². The van der Waals surface area contributed by atoms with Crippen LogP contribution in [0.25, 0.3) is 11.1 Å². The van der Waals surface area contributed by atoms with Crippen LogP contribution in [0.15, 0.2) is 108 Å². The molecular formula is C29H28N4O4S. The van der Waals surface area contributed by atoms with Crippen LogP contribution in [-0.2, 0) is 34.3 Å². The summed E-state index contributed by atoms with van der Waals surface area (Å²) in [5, 5.41) is 22.3. The van der Waals surface area contributed by atoms with Crippen LogP contribution < -0.4 is 10.6 Å². The van der Waals surface area contributed by atoms with E-state index in [0.717, 1.165) is 16.7 Å². The molecule has 0 unspecified atom stereocenters. The summed E-state index contributed by atoms with van der Waals surface area (Å²) < 4.78 is 24.0. The van der Waals surface area contributed by atoms with E-state index < -0.39 is 10.0 Å². The van der Waals surface area contributed by atoms with E-state index in [1.54, 1.807) is 53.4 Å². The number of carbonyl (C=O) groups excluding carboxylic acids is 1. The van der Waals surface area contributed by atoms with Crippen LogP contribution in [0, 0.1) is 5.41 Å². The van der Waals surface area contributed by atoms with Gasteiger partial charge in [-0.2, -0.15) is 0 Å². The van der Waals surface area contributed by atoms with Crippen molar-refractivity contribution in [1.82, 2.24) is 10.4 Å². The molecule has 0 fully saturated rings. The number of hydrogen-bond donors (Lipinski definition) is 4. The minimum atomic E-state index is -3.88. The molecule has 0 saturated heterocycles. The number of carbonyl (C=O) groups is 1. The molecule has 9 heteroatoms. The Kier molecular flexibility index (Phi) is 8.32. The Hall–Kier alpha value is -4.31. The van der Waals surface area contributed by atoms with Crippen molar-refractivity contribution in [3.05, 3.63) is 125 Å². The molecule has 4 aromatic carbocycles. The Morgan fingerprint density at radius 3 is 2.13 bits per heavy atom. The first-order chi connectivity index (χ1) is 18.2. The number of hydrogen-bond acceptors (Lipinski definition) is 5. The van der Waals surface area contributed by atoms with Crippen molar-refractivity contribution in [2.24, 2.45) is 5.14 Å². The molecule has 38 heavy (non-hydrogen) atoms. The van der Waals surface area contributed by atoms with Gasteiger partial charge in [0.2, 0.25) is 15.9 Å². The lowest BCUT2D eigenvalue weighted by molar-refractivity contribution is -0.131. The third-order valence-corrected chi connectivity index (χ3v) is 7.05. The number of rotatable bonds is 9. The fourth-order valence-electron chi connectivity index (χ4n) is 4.19. The molecule has 0 bridgehead atoms. The average Bonchev–Trinajstić information content (AvgIpc) is 2.93. The number of nitrogens with one attached hydrogen (secondary N) is 2. The minimum Gasteiger partial charge on any atom is -0.334 e. The Balaban J connectivity index is 1.56. The summed E-state index contributed by atoms with van der Waals surface area (Å²) in [6.07, 6.45) is 0.150. The summed E-state index contributed by atoms with van der Waals surface area (Å²) in [7, 11) is -3.88. The number of primary sulfonamides is 1. The highest BCUT2D eigenvalue weighted by atomic mass is 32.2. The number of nitrogens with zero attached hydrogens (tertiary/aromatic N) is 1. The molecule has 4 aromatic rings. The van der Waals surface area contributed by atoms with Gasteiger partial charge in [0.15, 0.2) is 0 Å². The summed E-state index contributed by atoms with van der Waals surface area (Å²) in [5.74, 6) is -0.218. The van der Waals surface area contributed by atoms with E-state index in [1.807, 2.05) is 54.0 Å². The van der Waals surface area contributed by atoms with Crippen LogP contribution in [0.4, 0.5) is 0 Å². The number of amidine groups is 1. The first kappa shape index (κ1) is 26.7. The monoisotopic (exact) mass is 528 g/mol. The smallest absolute Gasteiger partial charge is 0.238 e. The molecule has 0 heterocycles. The zero-order chi connectivity index (χ0) is 27.1. The van der Waals surface area contributed by atoms with Crippen molar-refractivity contribution in [3.8, 4) is 11.1 Å². The summed E-state index contributed by atoms with van der Waals surface area (Å²) in [5.41, 5.74) is 6.13. The van der Waals surface area contributed by atoms with E-state index in [9.17, 15) is 13.2 Å². The maximum atomic E-state index is 13.5. The summed E-state index contributed by atoms with van der Waals surface area (Å²) in [6, 6.07) is 30.5. The molecule has 1 amide bonds. The van der Waals surface area contributed by atoms with E-state index in [-0.39, 0.29) is 23.1 Å². The lowest BCUT2D eigenvalue weighted by Gasteiger charge is -2.24. The Morgan fingerprint density at radius 1 is 0.816 bits per heavy atom. The zero-order valence-corrected chi connectivity index (χ0v) is 21.4. The summed E-state index contributed by atoms with van der Waals surface area (Å²) in [6.45, 7) is 0.722. The van der Waals surface area contributed by atoms with Crippen LogP contribution >= 0.6 is 0 Å². The second-order valence-electron chi connectivity index (χ2n) is 8.84. The predicted molar refractivity (Wildman–Crippen MR) is 146 cm³/mol. The van der Waals surface area contributed by atoms with Gasteiger partial charge in [-0.1, -0.05) is 91.0 Å². The van der Waals surface area contributed by atoms with Gasteiger partial charge in [0.1, 0.15) is 5.84 Å². The molecule has 0 radical (unpaired) electrons. The second kappa shape index (κ2) is 11.8. The third-order valence-electron chi connectivity index (χ3n) is 6.08. The van der Waals surface area contributed by atoms with E-state index in [1.165, 1.54) is 6.07 Å². The van der Waals surface area contributed by atoms with Crippen LogP contribution in [0.3, 0.4) is 0 Å². The van der Waals surface area contributed by atoms with Gasteiger partial charge in [-0.05, 0) is 34.4 Å². The van der Waals surface area contributed by atoms with Gasteiger partial charge >= 0.3 is 0 Å². The fraction of sp³-hybridized carbons (Fsp3) is 0.103. The third kappa shape index (κ3) is 6.71. The zero-order valence-electron chi connectivity index (χ0n) is 20.5. The van der Waals surface area contributed by atoms with Crippen molar-refractivity contribution >= 4 is 21.8 Å². The fourth-order valence-corrected chi connectivity index (χ4v) is 4.95. The second-order valence-corrected chi connectivity index (χ2v) is 10.4. The van der Waals surface area contributed by atoms with Gasteiger partial charge in [0.05, 0.1) is 11.3 Å². The molecule has 0 spiro atoms. The largest absolute Gasteiger partial charge is 0.334 e. The maximum Gasteiger partial charge on any atom is 0.238 e. The van der Waals surface area contributed by atoms with Crippen molar-refractivity contribution in [2.75, 3.05) is 0 Å². The molecule has 194 valence electrons. The Morgan fingerprint density at radius 2 is 1.45 bits per heavy atom. The van der Waals surface area contributed by atoms with Crippen LogP contribution in [0.1, 0.15) is 22.3 Å². The topological polar surface area (TPSA) is 137 Å². The lowest BCUT2D eigenvalue weighted by atomic mass is 10.0. The number of hydroxylamine groups is 1. The highest BCUT2D eigenvalue weighted by molar-refractivity contribution is 7.89. The molecule has 5 N–H and O–H groups in total. The van der Waals surface area contributed by atoms with E-state index in [0.29, 0.717) is 29.8 Å². The Labute approximate surface area is 221 Å². The summed E-state index contributed by atoms with van der Waals surface area (Å²) in [4.78, 5) is 15.3. The maximum absolute atomic E-state index is 13.5. The number of nitrogens with two attached hydrogens (primary N) is 1. The molecule has 0 saturated carbocycles. The molecule has 0 aromatic heterocycles. The van der Waals surface area contributed by atoms with Gasteiger partial charge in [0, 0.05) is 24.2 Å². The molecular weight excluding hydrogens is 500 g/mol. The molecule has 4 rings (SSSR count). The van der Waals surface area contributed by atoms with Crippen molar-refractivity contribution < 1.29 is 18.4 Å². The van der Waals surface area contributed by atoms with E-state index in [2.05, 4.69) is 0 Å².